The van der Waals surface area contributed by atoms with Crippen molar-refractivity contribution in [2.45, 2.75) is 6.04 Å². The first-order valence-corrected chi connectivity index (χ1v) is 6.00. The summed E-state index contributed by atoms with van der Waals surface area (Å²) in [5.74, 6) is -0.572. The van der Waals surface area contributed by atoms with Crippen LogP contribution in [0.15, 0.2) is 42.0 Å². The van der Waals surface area contributed by atoms with Crippen LogP contribution in [0.3, 0.4) is 0 Å². The molecule has 1 aromatic rings. The van der Waals surface area contributed by atoms with E-state index in [2.05, 4.69) is 15.6 Å². The third-order valence-electron chi connectivity index (χ3n) is 3.09. The van der Waals surface area contributed by atoms with E-state index in [1.54, 1.807) is 6.08 Å². The van der Waals surface area contributed by atoms with E-state index in [4.69, 9.17) is 5.26 Å². The smallest absolute Gasteiger partial charge is 0.348 e. The zero-order valence-electron chi connectivity index (χ0n) is 10.6. The van der Waals surface area contributed by atoms with Gasteiger partial charge in [-0.1, -0.05) is 36.4 Å². The lowest BCUT2D eigenvalue weighted by Crippen LogP contribution is -2.24. The van der Waals surface area contributed by atoms with Crippen LogP contribution in [0.4, 0.5) is 0 Å². The summed E-state index contributed by atoms with van der Waals surface area (Å²) in [7, 11) is 1.27. The Morgan fingerprint density at radius 3 is 2.84 bits per heavy atom. The van der Waals surface area contributed by atoms with Gasteiger partial charge < -0.3 is 4.74 Å². The second-order valence-electron chi connectivity index (χ2n) is 4.26. The molecule has 1 fully saturated rings. The van der Waals surface area contributed by atoms with Gasteiger partial charge in [0.2, 0.25) is 0 Å². The summed E-state index contributed by atoms with van der Waals surface area (Å²) in [6.45, 7) is 0.654. The standard InChI is InChI=1S/C14H15N3O2/c1-19-14(18)11(8-15)7-12-9-16-17-13(12)10-5-3-2-4-6-10/h2-7,12-13,16-17H,9H2,1H3/b11-7+. The predicted molar refractivity (Wildman–Crippen MR) is 69.5 cm³/mol. The van der Waals surface area contributed by atoms with Gasteiger partial charge in [-0.05, 0) is 5.56 Å². The molecule has 0 radical (unpaired) electrons. The summed E-state index contributed by atoms with van der Waals surface area (Å²) in [4.78, 5) is 11.4. The monoisotopic (exact) mass is 257 g/mol. The molecule has 2 atom stereocenters. The molecule has 5 nitrogen and oxygen atoms in total. The minimum atomic E-state index is -0.596. The molecule has 0 spiro atoms. The molecule has 19 heavy (non-hydrogen) atoms. The summed E-state index contributed by atoms with van der Waals surface area (Å²) < 4.78 is 4.58. The molecule has 1 aromatic carbocycles. The van der Waals surface area contributed by atoms with E-state index in [-0.39, 0.29) is 17.5 Å². The Morgan fingerprint density at radius 2 is 2.21 bits per heavy atom. The molecule has 5 heteroatoms. The van der Waals surface area contributed by atoms with Crippen molar-refractivity contribution in [3.63, 3.8) is 0 Å². The quantitative estimate of drug-likeness (QED) is 0.481. The first kappa shape index (κ1) is 13.3. The van der Waals surface area contributed by atoms with Crippen molar-refractivity contribution in [2.24, 2.45) is 5.92 Å². The SMILES string of the molecule is COC(=O)/C(C#N)=C/C1CNNC1c1ccccc1. The zero-order valence-corrected chi connectivity index (χ0v) is 10.6. The Bertz CT molecular complexity index is 519. The zero-order chi connectivity index (χ0) is 13.7. The third-order valence-corrected chi connectivity index (χ3v) is 3.09. The molecule has 0 saturated carbocycles. The van der Waals surface area contributed by atoms with Crippen LogP contribution in [-0.2, 0) is 9.53 Å². The van der Waals surface area contributed by atoms with Crippen LogP contribution >= 0.6 is 0 Å². The lowest BCUT2D eigenvalue weighted by molar-refractivity contribution is -0.135. The second kappa shape index (κ2) is 6.14. The number of rotatable bonds is 3. The van der Waals surface area contributed by atoms with Crippen LogP contribution in [-0.4, -0.2) is 19.6 Å². The largest absolute Gasteiger partial charge is 0.465 e. The molecule has 0 amide bonds. The number of hydrogen-bond acceptors (Lipinski definition) is 5. The molecule has 2 rings (SSSR count). The average molecular weight is 257 g/mol. The van der Waals surface area contributed by atoms with Gasteiger partial charge in [-0.3, -0.25) is 5.43 Å². The number of benzene rings is 1. The van der Waals surface area contributed by atoms with Gasteiger partial charge in [-0.25, -0.2) is 10.2 Å². The molecule has 2 N–H and O–H groups in total. The maximum atomic E-state index is 11.4. The highest BCUT2D eigenvalue weighted by Crippen LogP contribution is 2.26. The van der Waals surface area contributed by atoms with Crippen molar-refractivity contribution >= 4 is 5.97 Å². The molecule has 2 unspecified atom stereocenters. The Morgan fingerprint density at radius 1 is 1.47 bits per heavy atom. The number of carbonyl (C=O) groups is 1. The minimum absolute atomic E-state index is 0.0242. The number of hydrazine groups is 1. The Kier molecular flexibility index (Phi) is 4.29. The van der Waals surface area contributed by atoms with Crippen LogP contribution in [0.2, 0.25) is 0 Å². The molecule has 1 aliphatic rings. The number of nitrogens with one attached hydrogen (secondary N) is 2. The Hall–Kier alpha value is -2.16. The summed E-state index contributed by atoms with van der Waals surface area (Å²) in [5.41, 5.74) is 7.35. The van der Waals surface area contributed by atoms with E-state index < -0.39 is 5.97 Å². The molecule has 0 aromatic heterocycles. The van der Waals surface area contributed by atoms with Crippen molar-refractivity contribution in [3.8, 4) is 6.07 Å². The number of nitrogens with zero attached hydrogens (tertiary/aromatic N) is 1. The number of carbonyl (C=O) groups excluding carboxylic acids is 1. The Balaban J connectivity index is 2.22. The third kappa shape index (κ3) is 2.99. The minimum Gasteiger partial charge on any atom is -0.465 e. The van der Waals surface area contributed by atoms with Gasteiger partial charge in [0.15, 0.2) is 0 Å². The number of ether oxygens (including phenoxy) is 1. The lowest BCUT2D eigenvalue weighted by atomic mass is 9.93. The number of hydrogen-bond donors (Lipinski definition) is 2. The summed E-state index contributed by atoms with van der Waals surface area (Å²) in [6.07, 6.45) is 1.66. The van der Waals surface area contributed by atoms with Crippen LogP contribution in [0, 0.1) is 17.2 Å². The van der Waals surface area contributed by atoms with Gasteiger partial charge >= 0.3 is 5.97 Å². The molecule has 98 valence electrons. The van der Waals surface area contributed by atoms with E-state index in [0.717, 1.165) is 5.56 Å². The van der Waals surface area contributed by atoms with E-state index in [9.17, 15) is 4.79 Å². The van der Waals surface area contributed by atoms with E-state index >= 15 is 0 Å². The lowest BCUT2D eigenvalue weighted by Gasteiger charge is -2.15. The van der Waals surface area contributed by atoms with Crippen molar-refractivity contribution < 1.29 is 9.53 Å². The van der Waals surface area contributed by atoms with Crippen LogP contribution in [0.1, 0.15) is 11.6 Å². The highest BCUT2D eigenvalue weighted by molar-refractivity contribution is 5.92. The van der Waals surface area contributed by atoms with Crippen LogP contribution in [0.25, 0.3) is 0 Å². The second-order valence-corrected chi connectivity index (χ2v) is 4.26. The number of esters is 1. The van der Waals surface area contributed by atoms with Gasteiger partial charge in [0.1, 0.15) is 11.6 Å². The molecule has 1 saturated heterocycles. The van der Waals surface area contributed by atoms with Crippen molar-refractivity contribution in [3.05, 3.63) is 47.5 Å². The Labute approximate surface area is 111 Å². The van der Waals surface area contributed by atoms with Crippen LogP contribution < -0.4 is 10.9 Å². The van der Waals surface area contributed by atoms with Gasteiger partial charge in [-0.2, -0.15) is 5.26 Å². The molecule has 0 bridgehead atoms. The van der Waals surface area contributed by atoms with E-state index in [1.807, 2.05) is 36.4 Å². The molecule has 0 aliphatic carbocycles. The van der Waals surface area contributed by atoms with Crippen molar-refractivity contribution in [1.29, 1.82) is 5.26 Å². The average Bonchev–Trinajstić information content (AvgIpc) is 2.93. The van der Waals surface area contributed by atoms with Crippen molar-refractivity contribution in [2.75, 3.05) is 13.7 Å². The topological polar surface area (TPSA) is 74.2 Å². The number of methoxy groups -OCH3 is 1. The maximum absolute atomic E-state index is 11.4. The van der Waals surface area contributed by atoms with Gasteiger partial charge in [0, 0.05) is 12.5 Å². The van der Waals surface area contributed by atoms with Gasteiger partial charge in [0.05, 0.1) is 13.2 Å². The molecule has 1 heterocycles. The normalized spacial score (nSPS) is 22.8. The summed E-state index contributed by atoms with van der Waals surface area (Å²) in [5, 5.41) is 8.98. The summed E-state index contributed by atoms with van der Waals surface area (Å²) >= 11 is 0. The molecule has 1 aliphatic heterocycles. The fourth-order valence-corrected chi connectivity index (χ4v) is 2.13. The first-order valence-electron chi connectivity index (χ1n) is 6.00. The highest BCUT2D eigenvalue weighted by Gasteiger charge is 2.27. The summed E-state index contributed by atoms with van der Waals surface area (Å²) in [6, 6.07) is 11.8. The number of nitriles is 1. The molecular weight excluding hydrogens is 242 g/mol. The maximum Gasteiger partial charge on any atom is 0.348 e. The van der Waals surface area contributed by atoms with Crippen LogP contribution in [0.5, 0.6) is 0 Å². The van der Waals surface area contributed by atoms with E-state index in [0.29, 0.717) is 6.54 Å². The molecular formula is C14H15N3O2. The first-order chi connectivity index (χ1) is 9.26. The van der Waals surface area contributed by atoms with Gasteiger partial charge in [0.25, 0.3) is 0 Å². The van der Waals surface area contributed by atoms with Crippen molar-refractivity contribution in [1.82, 2.24) is 10.9 Å². The van der Waals surface area contributed by atoms with Gasteiger partial charge in [-0.15, -0.1) is 0 Å². The fraction of sp³-hybridized carbons (Fsp3) is 0.286. The fourth-order valence-electron chi connectivity index (χ4n) is 2.13. The highest BCUT2D eigenvalue weighted by atomic mass is 16.5. The predicted octanol–water partition coefficient (Wildman–Crippen LogP) is 1.07. The van der Waals surface area contributed by atoms with E-state index in [1.165, 1.54) is 7.11 Å².